The molecule has 0 heterocycles. The van der Waals surface area contributed by atoms with Crippen LogP contribution in [0.25, 0.3) is 6.08 Å². The summed E-state index contributed by atoms with van der Waals surface area (Å²) in [6.45, 7) is 4.02. The third-order valence-corrected chi connectivity index (χ3v) is 3.13. The molecule has 1 amide bonds. The molecule has 0 radical (unpaired) electrons. The predicted octanol–water partition coefficient (Wildman–Crippen LogP) is 3.89. The number of nitrogens with one attached hydrogen (secondary N) is 1. The number of carbonyl (C=O) groups is 1. The molecule has 2 aromatic carbocycles. The van der Waals surface area contributed by atoms with E-state index in [-0.39, 0.29) is 11.9 Å². The summed E-state index contributed by atoms with van der Waals surface area (Å²) in [5.74, 6) is -0.0807. The number of amides is 1. The molecule has 20 heavy (non-hydrogen) atoms. The highest BCUT2D eigenvalue weighted by molar-refractivity contribution is 5.91. The molecule has 2 nitrogen and oxygen atoms in total. The van der Waals surface area contributed by atoms with Gasteiger partial charge in [-0.1, -0.05) is 60.2 Å². The van der Waals surface area contributed by atoms with Crippen molar-refractivity contribution in [3.8, 4) is 0 Å². The summed E-state index contributed by atoms with van der Waals surface area (Å²) < 4.78 is 0. The van der Waals surface area contributed by atoms with Gasteiger partial charge in [-0.3, -0.25) is 4.79 Å². The minimum atomic E-state index is -0.0807. The molecule has 0 aliphatic rings. The second-order valence-electron chi connectivity index (χ2n) is 4.89. The van der Waals surface area contributed by atoms with Gasteiger partial charge < -0.3 is 5.32 Å². The van der Waals surface area contributed by atoms with Gasteiger partial charge in [0.25, 0.3) is 0 Å². The number of rotatable bonds is 4. The van der Waals surface area contributed by atoms with Gasteiger partial charge in [-0.05, 0) is 31.1 Å². The summed E-state index contributed by atoms with van der Waals surface area (Å²) in [7, 11) is 0. The molecule has 0 unspecified atom stereocenters. The smallest absolute Gasteiger partial charge is 0.244 e. The minimum absolute atomic E-state index is 0.00543. The molecule has 2 aromatic rings. The first-order chi connectivity index (χ1) is 9.65. The SMILES string of the molecule is Cc1cccc(/C=C/C(=O)N[C@@H](C)c2ccccc2)c1. The lowest BCUT2D eigenvalue weighted by Crippen LogP contribution is -2.24. The van der Waals surface area contributed by atoms with E-state index >= 15 is 0 Å². The van der Waals surface area contributed by atoms with Gasteiger partial charge in [0.2, 0.25) is 5.91 Å². The monoisotopic (exact) mass is 265 g/mol. The quantitative estimate of drug-likeness (QED) is 0.835. The number of benzene rings is 2. The van der Waals surface area contributed by atoms with Gasteiger partial charge in [0.05, 0.1) is 6.04 Å². The Balaban J connectivity index is 1.96. The molecule has 0 saturated carbocycles. The fraction of sp³-hybridized carbons (Fsp3) is 0.167. The Bertz CT molecular complexity index is 602. The minimum Gasteiger partial charge on any atom is -0.346 e. The van der Waals surface area contributed by atoms with Crippen molar-refractivity contribution in [1.82, 2.24) is 5.32 Å². The zero-order chi connectivity index (χ0) is 14.4. The average Bonchev–Trinajstić information content (AvgIpc) is 2.46. The maximum atomic E-state index is 11.9. The van der Waals surface area contributed by atoms with E-state index in [0.717, 1.165) is 11.1 Å². The van der Waals surface area contributed by atoms with E-state index in [0.29, 0.717) is 0 Å². The van der Waals surface area contributed by atoms with Crippen LogP contribution in [-0.4, -0.2) is 5.91 Å². The van der Waals surface area contributed by atoms with Gasteiger partial charge in [-0.2, -0.15) is 0 Å². The molecule has 2 rings (SSSR count). The fourth-order valence-corrected chi connectivity index (χ4v) is 2.03. The largest absolute Gasteiger partial charge is 0.346 e. The number of carbonyl (C=O) groups excluding carboxylic acids is 1. The van der Waals surface area contributed by atoms with Crippen LogP contribution in [0.15, 0.2) is 60.7 Å². The topological polar surface area (TPSA) is 29.1 Å². The Morgan fingerprint density at radius 3 is 2.55 bits per heavy atom. The normalized spacial score (nSPS) is 12.3. The van der Waals surface area contributed by atoms with Crippen LogP contribution in [0.3, 0.4) is 0 Å². The van der Waals surface area contributed by atoms with Gasteiger partial charge in [-0.25, -0.2) is 0 Å². The lowest BCUT2D eigenvalue weighted by molar-refractivity contribution is -0.117. The zero-order valence-corrected chi connectivity index (χ0v) is 11.8. The highest BCUT2D eigenvalue weighted by Gasteiger charge is 2.06. The molecule has 1 N–H and O–H groups in total. The van der Waals surface area contributed by atoms with E-state index in [1.54, 1.807) is 6.08 Å². The molecule has 2 heteroatoms. The molecule has 0 spiro atoms. The van der Waals surface area contributed by atoms with Crippen LogP contribution in [0.1, 0.15) is 29.7 Å². The van der Waals surface area contributed by atoms with Crippen LogP contribution in [0.4, 0.5) is 0 Å². The van der Waals surface area contributed by atoms with Gasteiger partial charge in [0.15, 0.2) is 0 Å². The Morgan fingerprint density at radius 2 is 1.85 bits per heavy atom. The van der Waals surface area contributed by atoms with Crippen LogP contribution in [0.2, 0.25) is 0 Å². The summed E-state index contributed by atoms with van der Waals surface area (Å²) in [6, 6.07) is 18.0. The molecule has 0 aliphatic heterocycles. The first kappa shape index (κ1) is 14.1. The maximum absolute atomic E-state index is 11.9. The highest BCUT2D eigenvalue weighted by atomic mass is 16.1. The standard InChI is InChI=1S/C18H19NO/c1-14-7-6-8-16(13-14)11-12-18(20)19-15(2)17-9-4-3-5-10-17/h3-13,15H,1-2H3,(H,19,20)/b12-11+/t15-/m0/s1. The molecular formula is C18H19NO. The molecule has 0 fully saturated rings. The molecular weight excluding hydrogens is 246 g/mol. The number of aryl methyl sites for hydroxylation is 1. The van der Waals surface area contributed by atoms with E-state index in [9.17, 15) is 4.79 Å². The van der Waals surface area contributed by atoms with Crippen molar-refractivity contribution in [1.29, 1.82) is 0 Å². The lowest BCUT2D eigenvalue weighted by atomic mass is 10.1. The van der Waals surface area contributed by atoms with Crippen LogP contribution in [0.5, 0.6) is 0 Å². The molecule has 0 bridgehead atoms. The summed E-state index contributed by atoms with van der Waals surface area (Å²) in [5, 5.41) is 2.96. The third-order valence-electron chi connectivity index (χ3n) is 3.13. The third kappa shape index (κ3) is 4.09. The Morgan fingerprint density at radius 1 is 1.10 bits per heavy atom. The predicted molar refractivity (Wildman–Crippen MR) is 83.2 cm³/mol. The van der Waals surface area contributed by atoms with Gasteiger partial charge in [0.1, 0.15) is 0 Å². The summed E-state index contributed by atoms with van der Waals surface area (Å²) in [6.07, 6.45) is 3.41. The van der Waals surface area contributed by atoms with E-state index in [1.165, 1.54) is 5.56 Å². The summed E-state index contributed by atoms with van der Waals surface area (Å²) in [4.78, 5) is 11.9. The van der Waals surface area contributed by atoms with Crippen molar-refractivity contribution in [2.45, 2.75) is 19.9 Å². The van der Waals surface area contributed by atoms with E-state index in [1.807, 2.05) is 74.5 Å². The van der Waals surface area contributed by atoms with Crippen molar-refractivity contribution < 1.29 is 4.79 Å². The van der Waals surface area contributed by atoms with Crippen molar-refractivity contribution in [2.24, 2.45) is 0 Å². The summed E-state index contributed by atoms with van der Waals surface area (Å²) >= 11 is 0. The first-order valence-electron chi connectivity index (χ1n) is 6.75. The molecule has 0 saturated heterocycles. The second-order valence-corrected chi connectivity index (χ2v) is 4.89. The van der Waals surface area contributed by atoms with Crippen LogP contribution in [0, 0.1) is 6.92 Å². The Labute approximate surface area is 120 Å². The van der Waals surface area contributed by atoms with Gasteiger partial charge >= 0.3 is 0 Å². The second kappa shape index (κ2) is 6.71. The zero-order valence-electron chi connectivity index (χ0n) is 11.8. The van der Waals surface area contributed by atoms with E-state index in [2.05, 4.69) is 5.32 Å². The van der Waals surface area contributed by atoms with Gasteiger partial charge in [-0.15, -0.1) is 0 Å². The fourth-order valence-electron chi connectivity index (χ4n) is 2.03. The van der Waals surface area contributed by atoms with Crippen molar-refractivity contribution >= 4 is 12.0 Å². The van der Waals surface area contributed by atoms with Gasteiger partial charge in [0, 0.05) is 6.08 Å². The molecule has 1 atom stereocenters. The number of hydrogen-bond acceptors (Lipinski definition) is 1. The Kier molecular flexibility index (Phi) is 4.72. The first-order valence-corrected chi connectivity index (χ1v) is 6.75. The van der Waals surface area contributed by atoms with Crippen LogP contribution >= 0.6 is 0 Å². The molecule has 0 aromatic heterocycles. The van der Waals surface area contributed by atoms with E-state index < -0.39 is 0 Å². The molecule has 102 valence electrons. The van der Waals surface area contributed by atoms with E-state index in [4.69, 9.17) is 0 Å². The summed E-state index contributed by atoms with van der Waals surface area (Å²) in [5.41, 5.74) is 3.32. The lowest BCUT2D eigenvalue weighted by Gasteiger charge is -2.12. The molecule has 0 aliphatic carbocycles. The highest BCUT2D eigenvalue weighted by Crippen LogP contribution is 2.11. The van der Waals surface area contributed by atoms with Crippen molar-refractivity contribution in [3.63, 3.8) is 0 Å². The van der Waals surface area contributed by atoms with Crippen molar-refractivity contribution in [3.05, 3.63) is 77.4 Å². The maximum Gasteiger partial charge on any atom is 0.244 e. The van der Waals surface area contributed by atoms with Crippen LogP contribution < -0.4 is 5.32 Å². The number of hydrogen-bond donors (Lipinski definition) is 1. The average molecular weight is 265 g/mol. The van der Waals surface area contributed by atoms with Crippen LogP contribution in [-0.2, 0) is 4.79 Å². The Hall–Kier alpha value is -2.35. The van der Waals surface area contributed by atoms with Crippen molar-refractivity contribution in [2.75, 3.05) is 0 Å².